The Kier molecular flexibility index (Phi) is 12.0. The van der Waals surface area contributed by atoms with E-state index in [0.717, 1.165) is 22.3 Å². The molecule has 3 N–H and O–H groups in total. The predicted octanol–water partition coefficient (Wildman–Crippen LogP) is 9.21. The van der Waals surface area contributed by atoms with Crippen LogP contribution in [-0.4, -0.2) is 49.2 Å². The topological polar surface area (TPSA) is 142 Å². The van der Waals surface area contributed by atoms with E-state index in [4.69, 9.17) is 38.4 Å². The van der Waals surface area contributed by atoms with Gasteiger partial charge in [0.05, 0.1) is 30.9 Å². The highest BCUT2D eigenvalue weighted by molar-refractivity contribution is 6.33. The van der Waals surface area contributed by atoms with Crippen molar-refractivity contribution in [3.63, 3.8) is 0 Å². The minimum atomic E-state index is -0.0835. The van der Waals surface area contributed by atoms with Crippen molar-refractivity contribution in [1.29, 1.82) is 0 Å². The minimum Gasteiger partial charge on any atom is -0.467 e. The summed E-state index contributed by atoms with van der Waals surface area (Å²) >= 11 is 12.7. The summed E-state index contributed by atoms with van der Waals surface area (Å²) in [5.74, 6) is 1.99. The van der Waals surface area contributed by atoms with Gasteiger partial charge in [0.1, 0.15) is 0 Å². The number of aromatic nitrogens is 6. The summed E-state index contributed by atoms with van der Waals surface area (Å²) < 4.78 is 10.6. The highest BCUT2D eigenvalue weighted by Gasteiger charge is 2.39. The van der Waals surface area contributed by atoms with Gasteiger partial charge in [-0.15, -0.1) is 12.4 Å². The molecule has 2 saturated carbocycles. The molecule has 8 rings (SSSR count). The quantitative estimate of drug-likeness (QED) is 0.138. The Morgan fingerprint density at radius 1 is 0.600 bits per heavy atom. The van der Waals surface area contributed by atoms with Crippen LogP contribution < -0.4 is 15.2 Å². The van der Waals surface area contributed by atoms with Crippen molar-refractivity contribution in [3.8, 4) is 57.6 Å². The van der Waals surface area contributed by atoms with Crippen LogP contribution >= 0.6 is 35.6 Å². The van der Waals surface area contributed by atoms with E-state index in [1.165, 1.54) is 43.9 Å². The van der Waals surface area contributed by atoms with Gasteiger partial charge in [0, 0.05) is 28.8 Å². The molecule has 4 aromatic carbocycles. The summed E-state index contributed by atoms with van der Waals surface area (Å²) in [6.45, 7) is 4.88. The van der Waals surface area contributed by atoms with Crippen molar-refractivity contribution in [2.75, 3.05) is 14.2 Å². The maximum absolute atomic E-state index is 9.42. The van der Waals surface area contributed by atoms with Crippen molar-refractivity contribution in [2.24, 2.45) is 5.73 Å². The Labute approximate surface area is 337 Å². The number of halogens is 3. The van der Waals surface area contributed by atoms with E-state index in [0.29, 0.717) is 51.0 Å². The molecule has 0 unspecified atom stereocenters. The number of methoxy groups -OCH3 is 2. The fourth-order valence-corrected chi connectivity index (χ4v) is 6.53. The van der Waals surface area contributed by atoms with E-state index in [1.807, 2.05) is 42.5 Å². The van der Waals surface area contributed by atoms with Crippen LogP contribution in [0.25, 0.3) is 45.6 Å². The number of nitrogens with zero attached hydrogens (tertiary/aromatic N) is 6. The van der Waals surface area contributed by atoms with Crippen LogP contribution in [0.3, 0.4) is 0 Å². The van der Waals surface area contributed by atoms with Gasteiger partial charge in [0.25, 0.3) is 0 Å². The average Bonchev–Trinajstić information content (AvgIpc) is 4.16. The number of hydrogen-bond donors (Lipinski definition) is 2. The molecule has 2 aromatic heterocycles. The molecule has 10 nitrogen and oxygen atoms in total. The summed E-state index contributed by atoms with van der Waals surface area (Å²) in [5.41, 5.74) is 13.8. The SMILES string of the molecule is COc1nc(-c2cccc(C3(C)CC3)c2)nc(-c2cc(CN)ccc2Cl)n1.COc1nc(-c2cccc(C3(C)CC3)c2)nc(-c2cc(CO)ccc2Cl)n1.Cl. The molecule has 0 radical (unpaired) electrons. The van der Waals surface area contributed by atoms with Crippen molar-refractivity contribution < 1.29 is 14.6 Å². The van der Waals surface area contributed by atoms with Gasteiger partial charge < -0.3 is 20.3 Å². The number of benzene rings is 4. The number of aliphatic hydroxyl groups excluding tert-OH is 1. The molecular weight excluding hydrogens is 757 g/mol. The number of hydrogen-bond acceptors (Lipinski definition) is 10. The van der Waals surface area contributed by atoms with Crippen molar-refractivity contribution in [3.05, 3.63) is 117 Å². The second kappa shape index (κ2) is 16.6. The van der Waals surface area contributed by atoms with Gasteiger partial charge in [-0.2, -0.15) is 19.9 Å². The molecular formula is C42H42Cl3N7O3. The third-order valence-corrected chi connectivity index (χ3v) is 10.9. The molecule has 13 heteroatoms. The van der Waals surface area contributed by atoms with E-state index in [1.54, 1.807) is 25.3 Å². The smallest absolute Gasteiger partial charge is 0.320 e. The molecule has 6 aromatic rings. The van der Waals surface area contributed by atoms with Gasteiger partial charge in [0.2, 0.25) is 0 Å². The van der Waals surface area contributed by atoms with E-state index >= 15 is 0 Å². The van der Waals surface area contributed by atoms with Crippen LogP contribution in [-0.2, 0) is 24.0 Å². The van der Waals surface area contributed by atoms with Gasteiger partial charge in [-0.3, -0.25) is 0 Å². The molecule has 0 spiro atoms. The van der Waals surface area contributed by atoms with Gasteiger partial charge >= 0.3 is 12.0 Å². The Hall–Kier alpha value is -4.71. The largest absolute Gasteiger partial charge is 0.467 e. The molecule has 2 aliphatic carbocycles. The lowest BCUT2D eigenvalue weighted by molar-refractivity contribution is 0.282. The summed E-state index contributed by atoms with van der Waals surface area (Å²) in [7, 11) is 3.07. The highest BCUT2D eigenvalue weighted by atomic mass is 35.5. The van der Waals surface area contributed by atoms with E-state index in [-0.39, 0.29) is 41.9 Å². The standard InChI is InChI=1S/C21H21ClN4O.C21H20ClN3O2.ClH/c1-21(8-9-21)15-5-3-4-14(11-15)18-24-19(26-20(25-18)27-2)16-10-13(12-23)6-7-17(16)22;1-21(8-9-21)15-5-3-4-14(11-15)18-23-19(25-20(24-18)27-2)16-10-13(12-26)6-7-17(16)22;/h3-7,10-11H,8-9,12,23H2,1-2H3;3-7,10-11,26H,8-9,12H2,1-2H3;1H. The zero-order valence-electron chi connectivity index (χ0n) is 31.0. The first-order chi connectivity index (χ1) is 26.0. The first-order valence-corrected chi connectivity index (χ1v) is 18.5. The second-order valence-electron chi connectivity index (χ2n) is 14.2. The Balaban J connectivity index is 0.000000184. The normalized spacial score (nSPS) is 14.5. The molecule has 0 aliphatic heterocycles. The predicted molar refractivity (Wildman–Crippen MR) is 219 cm³/mol. The van der Waals surface area contributed by atoms with E-state index in [9.17, 15) is 5.11 Å². The maximum atomic E-state index is 9.42. The number of aliphatic hydroxyl groups is 1. The van der Waals surface area contributed by atoms with Gasteiger partial charge in [-0.1, -0.05) is 85.6 Å². The van der Waals surface area contributed by atoms with Gasteiger partial charge in [0.15, 0.2) is 23.3 Å². The molecule has 0 saturated heterocycles. The van der Waals surface area contributed by atoms with Crippen LogP contribution in [0.1, 0.15) is 61.8 Å². The second-order valence-corrected chi connectivity index (χ2v) is 15.0. The zero-order chi connectivity index (χ0) is 38.0. The Morgan fingerprint density at radius 3 is 1.42 bits per heavy atom. The average molecular weight is 799 g/mol. The summed E-state index contributed by atoms with van der Waals surface area (Å²) in [5, 5.41) is 10.5. The van der Waals surface area contributed by atoms with Gasteiger partial charge in [-0.05, 0) is 95.2 Å². The van der Waals surface area contributed by atoms with Crippen LogP contribution in [0.4, 0.5) is 0 Å². The van der Waals surface area contributed by atoms with E-state index in [2.05, 4.69) is 68.0 Å². The van der Waals surface area contributed by atoms with Crippen molar-refractivity contribution in [1.82, 2.24) is 29.9 Å². The summed E-state index contributed by atoms with van der Waals surface area (Å²) in [6.07, 6.45) is 4.82. The minimum absolute atomic E-state index is 0. The summed E-state index contributed by atoms with van der Waals surface area (Å²) in [6, 6.07) is 28.0. The third-order valence-electron chi connectivity index (χ3n) is 10.2. The first-order valence-electron chi connectivity index (χ1n) is 17.8. The van der Waals surface area contributed by atoms with Crippen LogP contribution in [0.2, 0.25) is 10.0 Å². The molecule has 2 aliphatic rings. The third kappa shape index (κ3) is 8.90. The molecule has 0 bridgehead atoms. The first kappa shape index (κ1) is 40.0. The molecule has 55 heavy (non-hydrogen) atoms. The number of rotatable bonds is 10. The molecule has 284 valence electrons. The van der Waals surface area contributed by atoms with Crippen LogP contribution in [0, 0.1) is 0 Å². The lowest BCUT2D eigenvalue weighted by Crippen LogP contribution is -2.03. The van der Waals surface area contributed by atoms with Crippen LogP contribution in [0.5, 0.6) is 12.0 Å². The molecule has 0 amide bonds. The Bertz CT molecular complexity index is 2170. The number of nitrogens with two attached hydrogens (primary N) is 1. The van der Waals surface area contributed by atoms with E-state index < -0.39 is 0 Å². The molecule has 0 atom stereocenters. The highest BCUT2D eigenvalue weighted by Crippen LogP contribution is 2.49. The van der Waals surface area contributed by atoms with Crippen molar-refractivity contribution in [2.45, 2.75) is 63.5 Å². The van der Waals surface area contributed by atoms with Gasteiger partial charge in [-0.25, -0.2) is 9.97 Å². The monoisotopic (exact) mass is 797 g/mol. The Morgan fingerprint density at radius 2 is 1.02 bits per heavy atom. The lowest BCUT2D eigenvalue weighted by Gasteiger charge is -2.12. The van der Waals surface area contributed by atoms with Crippen LogP contribution in [0.15, 0.2) is 84.9 Å². The zero-order valence-corrected chi connectivity index (χ0v) is 33.3. The number of ether oxygens (including phenoxy) is 2. The fourth-order valence-electron chi connectivity index (χ4n) is 6.13. The maximum Gasteiger partial charge on any atom is 0.320 e. The molecule has 2 fully saturated rings. The summed E-state index contributed by atoms with van der Waals surface area (Å²) in [4.78, 5) is 26.9. The lowest BCUT2D eigenvalue weighted by atomic mass is 9.96. The van der Waals surface area contributed by atoms with Crippen molar-refractivity contribution >= 4 is 35.6 Å². The fraction of sp³-hybridized carbons (Fsp3) is 0.286. The molecule has 2 heterocycles.